The fourth-order valence-corrected chi connectivity index (χ4v) is 1.11. The van der Waals surface area contributed by atoms with Gasteiger partial charge in [0.1, 0.15) is 11.9 Å². The molecular formula is C8H2BrFN2O. The lowest BCUT2D eigenvalue weighted by atomic mass is 10.2. The van der Waals surface area contributed by atoms with Crippen molar-refractivity contribution in [1.82, 2.24) is 0 Å². The largest absolute Gasteiger partial charge is 0.240 e. The molecule has 0 aromatic heterocycles. The van der Waals surface area contributed by atoms with E-state index in [-0.39, 0.29) is 15.7 Å². The van der Waals surface area contributed by atoms with Gasteiger partial charge in [0.05, 0.1) is 15.7 Å². The predicted octanol–water partition coefficient (Wildman–Crippen LogP) is 2.43. The van der Waals surface area contributed by atoms with E-state index in [2.05, 4.69) is 20.9 Å². The molecule has 1 aromatic rings. The zero-order valence-electron chi connectivity index (χ0n) is 6.21. The summed E-state index contributed by atoms with van der Waals surface area (Å²) >= 11 is 2.91. The van der Waals surface area contributed by atoms with E-state index in [9.17, 15) is 9.18 Å². The molecule has 0 heterocycles. The minimum Gasteiger partial charge on any atom is -0.211 e. The van der Waals surface area contributed by atoms with Crippen LogP contribution in [0.5, 0.6) is 0 Å². The van der Waals surface area contributed by atoms with E-state index in [0.29, 0.717) is 0 Å². The van der Waals surface area contributed by atoms with Gasteiger partial charge in [0.25, 0.3) is 0 Å². The van der Waals surface area contributed by atoms with Gasteiger partial charge in [0, 0.05) is 6.07 Å². The number of rotatable bonds is 1. The van der Waals surface area contributed by atoms with Crippen LogP contribution < -0.4 is 0 Å². The Morgan fingerprint density at radius 3 is 2.77 bits per heavy atom. The minimum atomic E-state index is -0.576. The van der Waals surface area contributed by atoms with E-state index >= 15 is 0 Å². The van der Waals surface area contributed by atoms with Crippen molar-refractivity contribution in [2.45, 2.75) is 0 Å². The van der Waals surface area contributed by atoms with Crippen molar-refractivity contribution in [3.63, 3.8) is 0 Å². The molecule has 1 rings (SSSR count). The first kappa shape index (κ1) is 9.59. The molecule has 64 valence electrons. The number of nitriles is 1. The van der Waals surface area contributed by atoms with Crippen molar-refractivity contribution in [2.24, 2.45) is 4.99 Å². The van der Waals surface area contributed by atoms with Crippen LogP contribution in [0.4, 0.5) is 10.1 Å². The quantitative estimate of drug-likeness (QED) is 0.560. The summed E-state index contributed by atoms with van der Waals surface area (Å²) in [7, 11) is 0. The summed E-state index contributed by atoms with van der Waals surface area (Å²) < 4.78 is 13.0. The molecule has 0 aliphatic rings. The normalized spacial score (nSPS) is 8.69. The maximum atomic E-state index is 12.9. The second-order valence-electron chi connectivity index (χ2n) is 2.10. The number of nitrogens with zero attached hydrogens (tertiary/aromatic N) is 2. The molecule has 3 nitrogen and oxygen atoms in total. The molecule has 0 saturated carbocycles. The van der Waals surface area contributed by atoms with Crippen molar-refractivity contribution >= 4 is 27.7 Å². The second kappa shape index (κ2) is 3.94. The molecule has 1 aromatic carbocycles. The van der Waals surface area contributed by atoms with Gasteiger partial charge >= 0.3 is 0 Å². The van der Waals surface area contributed by atoms with Gasteiger partial charge in [-0.1, -0.05) is 0 Å². The Hall–Kier alpha value is -1.50. The highest BCUT2D eigenvalue weighted by Crippen LogP contribution is 2.25. The lowest BCUT2D eigenvalue weighted by Gasteiger charge is -1.97. The highest BCUT2D eigenvalue weighted by Gasteiger charge is 2.06. The van der Waals surface area contributed by atoms with Crippen molar-refractivity contribution in [3.05, 3.63) is 28.0 Å². The van der Waals surface area contributed by atoms with Crippen molar-refractivity contribution in [2.75, 3.05) is 0 Å². The first-order chi connectivity index (χ1) is 6.19. The zero-order chi connectivity index (χ0) is 9.84. The van der Waals surface area contributed by atoms with Crippen LogP contribution in [0.25, 0.3) is 0 Å². The van der Waals surface area contributed by atoms with Gasteiger partial charge in [0.15, 0.2) is 0 Å². The van der Waals surface area contributed by atoms with Gasteiger partial charge in [-0.25, -0.2) is 9.18 Å². The number of carbonyl (C=O) groups excluding carboxylic acids is 1. The maximum absolute atomic E-state index is 12.9. The smallest absolute Gasteiger partial charge is 0.211 e. The summed E-state index contributed by atoms with van der Waals surface area (Å²) in [4.78, 5) is 13.1. The molecule has 0 radical (unpaired) electrons. The summed E-state index contributed by atoms with van der Waals surface area (Å²) in [6.45, 7) is 0. The fraction of sp³-hybridized carbons (Fsp3) is 0. The molecule has 0 fully saturated rings. The van der Waals surface area contributed by atoms with E-state index in [4.69, 9.17) is 5.26 Å². The van der Waals surface area contributed by atoms with Gasteiger partial charge in [-0.3, -0.25) is 0 Å². The molecule has 0 aliphatic carbocycles. The second-order valence-corrected chi connectivity index (χ2v) is 2.95. The molecule has 13 heavy (non-hydrogen) atoms. The number of halogens is 2. The Kier molecular flexibility index (Phi) is 2.91. The average molecular weight is 241 g/mol. The molecule has 0 bridgehead atoms. The van der Waals surface area contributed by atoms with Crippen LogP contribution in [-0.4, -0.2) is 6.08 Å². The zero-order valence-corrected chi connectivity index (χ0v) is 7.80. The lowest BCUT2D eigenvalue weighted by molar-refractivity contribution is 0.565. The Labute approximate surface area is 81.6 Å². The maximum Gasteiger partial charge on any atom is 0.240 e. The van der Waals surface area contributed by atoms with Crippen LogP contribution in [0, 0.1) is 17.1 Å². The van der Waals surface area contributed by atoms with Gasteiger partial charge in [-0.05, 0) is 22.0 Å². The highest BCUT2D eigenvalue weighted by molar-refractivity contribution is 9.10. The highest BCUT2D eigenvalue weighted by atomic mass is 79.9. The molecule has 0 spiro atoms. The number of hydrogen-bond acceptors (Lipinski definition) is 3. The van der Waals surface area contributed by atoms with Crippen LogP contribution >= 0.6 is 15.9 Å². The van der Waals surface area contributed by atoms with Crippen LogP contribution in [0.3, 0.4) is 0 Å². The van der Waals surface area contributed by atoms with Crippen LogP contribution in [0.15, 0.2) is 21.6 Å². The summed E-state index contributed by atoms with van der Waals surface area (Å²) in [5, 5.41) is 8.58. The van der Waals surface area contributed by atoms with Crippen molar-refractivity contribution < 1.29 is 9.18 Å². The molecule has 0 amide bonds. The third-order valence-corrected chi connectivity index (χ3v) is 1.93. The van der Waals surface area contributed by atoms with Crippen molar-refractivity contribution in [1.29, 1.82) is 5.26 Å². The third-order valence-electron chi connectivity index (χ3n) is 1.33. The molecule has 0 atom stereocenters. The van der Waals surface area contributed by atoms with E-state index in [0.717, 1.165) is 6.07 Å². The molecule has 0 N–H and O–H groups in total. The van der Waals surface area contributed by atoms with E-state index < -0.39 is 5.82 Å². The number of aliphatic imine (C=N–C) groups is 1. The topological polar surface area (TPSA) is 53.2 Å². The Morgan fingerprint density at radius 2 is 2.23 bits per heavy atom. The molecular weight excluding hydrogens is 239 g/mol. The number of benzene rings is 1. The average Bonchev–Trinajstić information content (AvgIpc) is 2.11. The third kappa shape index (κ3) is 2.00. The van der Waals surface area contributed by atoms with Crippen LogP contribution in [-0.2, 0) is 4.79 Å². The Bertz CT molecular complexity index is 433. The SMILES string of the molecule is N#Cc1cc(Br)c(F)cc1N=C=O. The number of isocyanates is 1. The summed E-state index contributed by atoms with van der Waals surface area (Å²) in [5.74, 6) is -0.576. The minimum absolute atomic E-state index is 0.0156. The molecule has 0 unspecified atom stereocenters. The predicted molar refractivity (Wildman–Crippen MR) is 46.6 cm³/mol. The summed E-state index contributed by atoms with van der Waals surface area (Å²) in [6, 6.07) is 4.03. The first-order valence-corrected chi connectivity index (χ1v) is 3.95. The van der Waals surface area contributed by atoms with E-state index in [1.54, 1.807) is 6.07 Å². The summed E-state index contributed by atoms with van der Waals surface area (Å²) in [6.07, 6.45) is 1.25. The Morgan fingerprint density at radius 1 is 1.54 bits per heavy atom. The van der Waals surface area contributed by atoms with Gasteiger partial charge < -0.3 is 0 Å². The summed E-state index contributed by atoms with van der Waals surface area (Å²) in [5.41, 5.74) is 0.106. The number of hydrogen-bond donors (Lipinski definition) is 0. The molecule has 5 heteroatoms. The van der Waals surface area contributed by atoms with Crippen molar-refractivity contribution in [3.8, 4) is 6.07 Å². The molecule has 0 saturated heterocycles. The Balaban J connectivity index is 3.43. The first-order valence-electron chi connectivity index (χ1n) is 3.16. The van der Waals surface area contributed by atoms with Crippen LogP contribution in [0.1, 0.15) is 5.56 Å². The fourth-order valence-electron chi connectivity index (χ4n) is 0.768. The van der Waals surface area contributed by atoms with Gasteiger partial charge in [0.2, 0.25) is 6.08 Å². The van der Waals surface area contributed by atoms with Gasteiger partial charge in [-0.15, -0.1) is 0 Å². The van der Waals surface area contributed by atoms with E-state index in [1.807, 2.05) is 0 Å². The lowest BCUT2D eigenvalue weighted by Crippen LogP contribution is -1.82. The monoisotopic (exact) mass is 240 g/mol. The van der Waals surface area contributed by atoms with Crippen LogP contribution in [0.2, 0.25) is 0 Å². The van der Waals surface area contributed by atoms with Gasteiger partial charge in [-0.2, -0.15) is 10.3 Å². The van der Waals surface area contributed by atoms with E-state index in [1.165, 1.54) is 12.1 Å². The molecule has 0 aliphatic heterocycles. The standard InChI is InChI=1S/C8H2BrFN2O/c9-6-1-5(3-11)8(12-4-13)2-7(6)10/h1-2H.